The van der Waals surface area contributed by atoms with Crippen molar-refractivity contribution >= 4 is 29.1 Å². The molecular formula is C20H17N3O5S. The third-order valence-electron chi connectivity index (χ3n) is 3.83. The maximum atomic E-state index is 12.1. The lowest BCUT2D eigenvalue weighted by atomic mass is 10.2. The lowest BCUT2D eigenvalue weighted by molar-refractivity contribution is -0.384. The predicted octanol–water partition coefficient (Wildman–Crippen LogP) is 4.01. The number of nitrogens with zero attached hydrogens (tertiary/aromatic N) is 2. The molecule has 0 unspecified atom stereocenters. The number of nitro groups is 1. The molecule has 1 heterocycles. The highest BCUT2D eigenvalue weighted by atomic mass is 32.1. The summed E-state index contributed by atoms with van der Waals surface area (Å²) in [6.45, 7) is 0.375. The van der Waals surface area contributed by atoms with E-state index in [1.165, 1.54) is 29.0 Å². The van der Waals surface area contributed by atoms with Gasteiger partial charge in [-0.3, -0.25) is 14.9 Å². The third kappa shape index (κ3) is 5.63. The van der Waals surface area contributed by atoms with Crippen LogP contribution in [-0.2, 0) is 6.61 Å². The van der Waals surface area contributed by atoms with Crippen LogP contribution in [0.25, 0.3) is 0 Å². The Hall–Kier alpha value is -3.72. The van der Waals surface area contributed by atoms with Gasteiger partial charge in [-0.25, -0.2) is 5.43 Å². The summed E-state index contributed by atoms with van der Waals surface area (Å²) in [7, 11) is 1.61. The first-order chi connectivity index (χ1) is 14.0. The van der Waals surface area contributed by atoms with Crippen LogP contribution in [0.15, 0.2) is 65.1 Å². The van der Waals surface area contributed by atoms with E-state index in [1.807, 2.05) is 24.3 Å². The number of amides is 1. The molecule has 1 N–H and O–H groups in total. The summed E-state index contributed by atoms with van der Waals surface area (Å²) < 4.78 is 10.9. The van der Waals surface area contributed by atoms with Gasteiger partial charge in [-0.1, -0.05) is 12.1 Å². The van der Waals surface area contributed by atoms with E-state index in [9.17, 15) is 14.9 Å². The summed E-state index contributed by atoms with van der Waals surface area (Å²) in [5.74, 6) is 0.987. The van der Waals surface area contributed by atoms with Crippen molar-refractivity contribution in [3.8, 4) is 11.5 Å². The van der Waals surface area contributed by atoms with Crippen LogP contribution in [0.1, 0.15) is 20.8 Å². The van der Waals surface area contributed by atoms with Crippen molar-refractivity contribution in [1.29, 1.82) is 0 Å². The first kappa shape index (κ1) is 20.0. The highest BCUT2D eigenvalue weighted by Gasteiger charge is 2.08. The van der Waals surface area contributed by atoms with E-state index in [4.69, 9.17) is 9.47 Å². The average Bonchev–Trinajstić information content (AvgIpc) is 3.22. The van der Waals surface area contributed by atoms with Crippen LogP contribution in [0.3, 0.4) is 0 Å². The van der Waals surface area contributed by atoms with E-state index in [0.29, 0.717) is 22.8 Å². The molecule has 3 rings (SSSR count). The molecule has 0 spiro atoms. The molecule has 0 bridgehead atoms. The topological polar surface area (TPSA) is 103 Å². The van der Waals surface area contributed by atoms with Crippen molar-refractivity contribution in [3.05, 3.63) is 86.1 Å². The maximum Gasteiger partial charge on any atom is 0.280 e. The largest absolute Gasteiger partial charge is 0.497 e. The van der Waals surface area contributed by atoms with Crippen LogP contribution < -0.4 is 14.9 Å². The van der Waals surface area contributed by atoms with E-state index in [0.717, 1.165) is 11.3 Å². The molecule has 29 heavy (non-hydrogen) atoms. The molecule has 2 aromatic carbocycles. The normalized spacial score (nSPS) is 10.7. The quantitative estimate of drug-likeness (QED) is 0.343. The summed E-state index contributed by atoms with van der Waals surface area (Å²) in [4.78, 5) is 22.9. The minimum absolute atomic E-state index is 0.00712. The summed E-state index contributed by atoms with van der Waals surface area (Å²) >= 11 is 1.17. The number of rotatable bonds is 8. The van der Waals surface area contributed by atoms with Crippen molar-refractivity contribution in [2.45, 2.75) is 6.61 Å². The Balaban J connectivity index is 1.52. The smallest absolute Gasteiger partial charge is 0.280 e. The monoisotopic (exact) mass is 411 g/mol. The van der Waals surface area contributed by atoms with Gasteiger partial charge in [-0.15, -0.1) is 11.3 Å². The zero-order valence-electron chi connectivity index (χ0n) is 15.4. The van der Waals surface area contributed by atoms with Crippen molar-refractivity contribution in [1.82, 2.24) is 5.43 Å². The molecular weight excluding hydrogens is 394 g/mol. The van der Waals surface area contributed by atoms with E-state index in [1.54, 1.807) is 31.4 Å². The molecule has 8 nitrogen and oxygen atoms in total. The number of hydrogen-bond acceptors (Lipinski definition) is 7. The van der Waals surface area contributed by atoms with E-state index in [2.05, 4.69) is 10.5 Å². The second-order valence-electron chi connectivity index (χ2n) is 5.83. The number of benzene rings is 2. The SMILES string of the molecule is COc1cccc(COc2ccc(C(=O)NN=Cc3cc([N+](=O)[O-])cs3)cc2)c1. The molecule has 148 valence electrons. The molecule has 9 heteroatoms. The first-order valence-corrected chi connectivity index (χ1v) is 9.35. The number of carbonyl (C=O) groups excluding carboxylic acids is 1. The molecule has 0 aliphatic rings. The Morgan fingerprint density at radius 2 is 2.00 bits per heavy atom. The van der Waals surface area contributed by atoms with Gasteiger partial charge in [0.25, 0.3) is 11.6 Å². The fourth-order valence-electron chi connectivity index (χ4n) is 2.36. The highest BCUT2D eigenvalue weighted by Crippen LogP contribution is 2.20. The van der Waals surface area contributed by atoms with Gasteiger partial charge in [0.2, 0.25) is 0 Å². The fraction of sp³-hybridized carbons (Fsp3) is 0.100. The number of carbonyl (C=O) groups is 1. The van der Waals surface area contributed by atoms with Gasteiger partial charge in [0.1, 0.15) is 18.1 Å². The Kier molecular flexibility index (Phi) is 6.54. The zero-order chi connectivity index (χ0) is 20.6. The molecule has 1 amide bonds. The molecule has 0 saturated carbocycles. The molecule has 0 atom stereocenters. The van der Waals surface area contributed by atoms with Crippen molar-refractivity contribution < 1.29 is 19.2 Å². The van der Waals surface area contributed by atoms with Crippen molar-refractivity contribution in [2.24, 2.45) is 5.10 Å². The standard InChI is InChI=1S/C20H17N3O5S/c1-27-18-4-2-3-14(9-18)12-28-17-7-5-15(6-8-17)20(24)22-21-11-19-10-16(13-29-19)23(25)26/h2-11,13H,12H2,1H3,(H,22,24). The molecule has 3 aromatic rings. The van der Waals surface area contributed by atoms with Crippen LogP contribution in [0.4, 0.5) is 5.69 Å². The van der Waals surface area contributed by atoms with E-state index >= 15 is 0 Å². The lowest BCUT2D eigenvalue weighted by Crippen LogP contribution is -2.17. The second-order valence-corrected chi connectivity index (χ2v) is 6.77. The molecule has 1 aromatic heterocycles. The fourth-order valence-corrected chi connectivity index (χ4v) is 3.07. The van der Waals surface area contributed by atoms with Gasteiger partial charge >= 0.3 is 0 Å². The summed E-state index contributed by atoms with van der Waals surface area (Å²) in [6.07, 6.45) is 1.36. The van der Waals surface area contributed by atoms with Crippen LogP contribution in [0.2, 0.25) is 0 Å². The number of hydrogen-bond donors (Lipinski definition) is 1. The van der Waals surface area contributed by atoms with Crippen molar-refractivity contribution in [2.75, 3.05) is 7.11 Å². The Morgan fingerprint density at radius 1 is 1.21 bits per heavy atom. The van der Waals surface area contributed by atoms with Crippen LogP contribution in [-0.4, -0.2) is 24.2 Å². The summed E-state index contributed by atoms with van der Waals surface area (Å²) in [5, 5.41) is 15.9. The Bertz CT molecular complexity index is 1030. The molecule has 0 saturated heterocycles. The minimum Gasteiger partial charge on any atom is -0.497 e. The summed E-state index contributed by atoms with van der Waals surface area (Å²) in [6, 6.07) is 15.6. The maximum absolute atomic E-state index is 12.1. The minimum atomic E-state index is -0.482. The van der Waals surface area contributed by atoms with Gasteiger partial charge in [-0.05, 0) is 42.0 Å². The number of nitrogens with one attached hydrogen (secondary N) is 1. The van der Waals surface area contributed by atoms with Crippen molar-refractivity contribution in [3.63, 3.8) is 0 Å². The summed E-state index contributed by atoms with van der Waals surface area (Å²) in [5.41, 5.74) is 3.76. The lowest BCUT2D eigenvalue weighted by Gasteiger charge is -2.08. The number of hydrazone groups is 1. The van der Waals surface area contributed by atoms with Gasteiger partial charge in [-0.2, -0.15) is 5.10 Å². The van der Waals surface area contributed by atoms with Crippen LogP contribution >= 0.6 is 11.3 Å². The molecule has 0 radical (unpaired) electrons. The number of methoxy groups -OCH3 is 1. The van der Waals surface area contributed by atoms with E-state index in [-0.39, 0.29) is 5.69 Å². The predicted molar refractivity (Wildman–Crippen MR) is 110 cm³/mol. The average molecular weight is 411 g/mol. The van der Waals surface area contributed by atoms with Gasteiger partial charge < -0.3 is 9.47 Å². The van der Waals surface area contributed by atoms with Gasteiger partial charge in [0.15, 0.2) is 0 Å². The first-order valence-electron chi connectivity index (χ1n) is 8.47. The Morgan fingerprint density at radius 3 is 2.69 bits per heavy atom. The molecule has 0 aliphatic heterocycles. The van der Waals surface area contributed by atoms with E-state index < -0.39 is 10.8 Å². The third-order valence-corrected chi connectivity index (χ3v) is 4.69. The van der Waals surface area contributed by atoms with Crippen LogP contribution in [0, 0.1) is 10.1 Å². The second kappa shape index (κ2) is 9.47. The van der Waals surface area contributed by atoms with Gasteiger partial charge in [0, 0.05) is 11.6 Å². The molecule has 0 fully saturated rings. The number of ether oxygens (including phenoxy) is 2. The number of thiophene rings is 1. The highest BCUT2D eigenvalue weighted by molar-refractivity contribution is 7.12. The zero-order valence-corrected chi connectivity index (χ0v) is 16.2. The van der Waals surface area contributed by atoms with Gasteiger partial charge in [0.05, 0.1) is 28.5 Å². The van der Waals surface area contributed by atoms with Crippen LogP contribution in [0.5, 0.6) is 11.5 Å². The Labute approximate surface area is 170 Å². The molecule has 0 aliphatic carbocycles.